The lowest BCUT2D eigenvalue weighted by molar-refractivity contribution is -0.115. The summed E-state index contributed by atoms with van der Waals surface area (Å²) in [5, 5.41) is 2.86. The van der Waals surface area contributed by atoms with Crippen molar-refractivity contribution in [1.29, 1.82) is 0 Å². The molecule has 4 heteroatoms. The van der Waals surface area contributed by atoms with Crippen molar-refractivity contribution in [2.45, 2.75) is 26.3 Å². The zero-order chi connectivity index (χ0) is 10.8. The van der Waals surface area contributed by atoms with Crippen LogP contribution >= 0.6 is 0 Å². The fourth-order valence-corrected chi connectivity index (χ4v) is 1.77. The number of fused-ring (bicyclic) bond motifs is 1. The Morgan fingerprint density at radius 1 is 1.53 bits per heavy atom. The Kier molecular flexibility index (Phi) is 2.58. The molecule has 1 N–H and O–H groups in total. The fourth-order valence-electron chi connectivity index (χ4n) is 1.77. The maximum Gasteiger partial charge on any atom is 0.226 e. The first-order valence-electron chi connectivity index (χ1n) is 5.20. The molecule has 1 amide bonds. The Morgan fingerprint density at radius 2 is 2.33 bits per heavy atom. The molecule has 0 fully saturated rings. The lowest BCUT2D eigenvalue weighted by Crippen LogP contribution is -2.32. The average Bonchev–Trinajstić information content (AvgIpc) is 2.35. The number of aromatic nitrogens is 1. The molecule has 2 rings (SSSR count). The Bertz CT molecular complexity index is 376. The van der Waals surface area contributed by atoms with Crippen molar-refractivity contribution in [3.63, 3.8) is 0 Å². The van der Waals surface area contributed by atoms with Gasteiger partial charge < -0.3 is 10.2 Å². The van der Waals surface area contributed by atoms with Crippen LogP contribution in [0.5, 0.6) is 0 Å². The normalized spacial score (nSPS) is 15.9. The van der Waals surface area contributed by atoms with Gasteiger partial charge in [-0.2, -0.15) is 0 Å². The average molecular weight is 205 g/mol. The van der Waals surface area contributed by atoms with Gasteiger partial charge in [-0.1, -0.05) is 0 Å². The van der Waals surface area contributed by atoms with E-state index in [4.69, 9.17) is 0 Å². The highest BCUT2D eigenvalue weighted by Crippen LogP contribution is 2.26. The second kappa shape index (κ2) is 3.88. The molecule has 0 saturated heterocycles. The van der Waals surface area contributed by atoms with Gasteiger partial charge in [0.1, 0.15) is 0 Å². The molecule has 1 aliphatic rings. The van der Waals surface area contributed by atoms with Crippen LogP contribution in [0.25, 0.3) is 0 Å². The predicted molar refractivity (Wildman–Crippen MR) is 60.0 cm³/mol. The lowest BCUT2D eigenvalue weighted by Gasteiger charge is -2.26. The van der Waals surface area contributed by atoms with E-state index in [0.29, 0.717) is 12.5 Å². The third-order valence-electron chi connectivity index (χ3n) is 2.54. The molecular formula is C11H15N3O. The monoisotopic (exact) mass is 205 g/mol. The summed E-state index contributed by atoms with van der Waals surface area (Å²) in [6.07, 6.45) is 2.28. The predicted octanol–water partition coefficient (Wildman–Crippen LogP) is 1.64. The number of carbonyl (C=O) groups excluding carboxylic acids is 1. The minimum absolute atomic E-state index is 0.0624. The molecule has 1 aromatic rings. The fraction of sp³-hybridized carbons (Fsp3) is 0.455. The highest BCUT2D eigenvalue weighted by molar-refractivity contribution is 5.95. The summed E-state index contributed by atoms with van der Waals surface area (Å²) >= 11 is 0. The molecule has 0 aromatic carbocycles. The topological polar surface area (TPSA) is 45.2 Å². The zero-order valence-electron chi connectivity index (χ0n) is 9.03. The SMILES string of the molecule is CC(C)N1CCC(=O)Nc2cccnc21. The van der Waals surface area contributed by atoms with Gasteiger partial charge in [0.15, 0.2) is 5.82 Å². The van der Waals surface area contributed by atoms with E-state index < -0.39 is 0 Å². The molecule has 0 spiro atoms. The van der Waals surface area contributed by atoms with Crippen LogP contribution < -0.4 is 10.2 Å². The minimum atomic E-state index is 0.0624. The number of anilines is 2. The molecule has 2 heterocycles. The van der Waals surface area contributed by atoms with Crippen LogP contribution in [0.15, 0.2) is 18.3 Å². The number of pyridine rings is 1. The van der Waals surface area contributed by atoms with Gasteiger partial charge in [-0.15, -0.1) is 0 Å². The second-order valence-electron chi connectivity index (χ2n) is 3.96. The molecule has 4 nitrogen and oxygen atoms in total. The first-order chi connectivity index (χ1) is 7.18. The molecule has 0 bridgehead atoms. The molecular weight excluding hydrogens is 190 g/mol. The number of carbonyl (C=O) groups is 1. The molecule has 80 valence electrons. The van der Waals surface area contributed by atoms with E-state index in [1.165, 1.54) is 0 Å². The van der Waals surface area contributed by atoms with Gasteiger partial charge in [0.25, 0.3) is 0 Å². The summed E-state index contributed by atoms with van der Waals surface area (Å²) in [6, 6.07) is 4.08. The summed E-state index contributed by atoms with van der Waals surface area (Å²) in [5.41, 5.74) is 0.814. The molecule has 0 aliphatic carbocycles. The number of nitrogens with zero attached hydrogens (tertiary/aromatic N) is 2. The van der Waals surface area contributed by atoms with Crippen LogP contribution in [-0.2, 0) is 4.79 Å². The van der Waals surface area contributed by atoms with Gasteiger partial charge in [0.2, 0.25) is 5.91 Å². The van der Waals surface area contributed by atoms with Crippen LogP contribution in [0, 0.1) is 0 Å². The molecule has 1 aromatic heterocycles. The van der Waals surface area contributed by atoms with Crippen molar-refractivity contribution < 1.29 is 4.79 Å². The number of amides is 1. The maximum atomic E-state index is 11.4. The van der Waals surface area contributed by atoms with E-state index in [9.17, 15) is 4.79 Å². The van der Waals surface area contributed by atoms with Crippen LogP contribution in [0.2, 0.25) is 0 Å². The van der Waals surface area contributed by atoms with Crippen molar-refractivity contribution in [2.24, 2.45) is 0 Å². The molecule has 0 saturated carbocycles. The first kappa shape index (κ1) is 9.96. The summed E-state index contributed by atoms with van der Waals surface area (Å²) in [6.45, 7) is 4.94. The van der Waals surface area contributed by atoms with E-state index in [0.717, 1.165) is 18.1 Å². The van der Waals surface area contributed by atoms with Crippen molar-refractivity contribution in [1.82, 2.24) is 4.98 Å². The molecule has 1 aliphatic heterocycles. The maximum absolute atomic E-state index is 11.4. The Balaban J connectivity index is 2.42. The molecule has 0 unspecified atom stereocenters. The van der Waals surface area contributed by atoms with Gasteiger partial charge in [0, 0.05) is 25.2 Å². The van der Waals surface area contributed by atoms with Crippen LogP contribution in [0.3, 0.4) is 0 Å². The lowest BCUT2D eigenvalue weighted by atomic mass is 10.3. The minimum Gasteiger partial charge on any atom is -0.352 e. The van der Waals surface area contributed by atoms with Gasteiger partial charge in [-0.25, -0.2) is 4.98 Å². The van der Waals surface area contributed by atoms with Gasteiger partial charge in [0.05, 0.1) is 5.69 Å². The summed E-state index contributed by atoms with van der Waals surface area (Å²) < 4.78 is 0. The quantitative estimate of drug-likeness (QED) is 0.758. The highest BCUT2D eigenvalue weighted by Gasteiger charge is 2.21. The van der Waals surface area contributed by atoms with E-state index in [2.05, 4.69) is 29.0 Å². The van der Waals surface area contributed by atoms with E-state index in [1.807, 2.05) is 12.1 Å². The number of nitrogens with one attached hydrogen (secondary N) is 1. The molecule has 0 radical (unpaired) electrons. The van der Waals surface area contributed by atoms with Crippen LogP contribution in [0.4, 0.5) is 11.5 Å². The third-order valence-corrected chi connectivity index (χ3v) is 2.54. The van der Waals surface area contributed by atoms with E-state index in [1.54, 1.807) is 6.20 Å². The summed E-state index contributed by atoms with van der Waals surface area (Å²) in [7, 11) is 0. The second-order valence-corrected chi connectivity index (χ2v) is 3.96. The van der Waals surface area contributed by atoms with Crippen molar-refractivity contribution in [2.75, 3.05) is 16.8 Å². The summed E-state index contributed by atoms with van der Waals surface area (Å²) in [5.74, 6) is 0.936. The molecule has 0 atom stereocenters. The number of hydrogen-bond donors (Lipinski definition) is 1. The number of rotatable bonds is 1. The zero-order valence-corrected chi connectivity index (χ0v) is 9.03. The third kappa shape index (κ3) is 1.93. The largest absolute Gasteiger partial charge is 0.352 e. The Labute approximate surface area is 89.3 Å². The van der Waals surface area contributed by atoms with Crippen LogP contribution in [-0.4, -0.2) is 23.5 Å². The summed E-state index contributed by atoms with van der Waals surface area (Å²) in [4.78, 5) is 17.9. The van der Waals surface area contributed by atoms with Crippen molar-refractivity contribution >= 4 is 17.4 Å². The van der Waals surface area contributed by atoms with E-state index in [-0.39, 0.29) is 5.91 Å². The molecule has 15 heavy (non-hydrogen) atoms. The highest BCUT2D eigenvalue weighted by atomic mass is 16.1. The van der Waals surface area contributed by atoms with Crippen LogP contribution in [0.1, 0.15) is 20.3 Å². The first-order valence-corrected chi connectivity index (χ1v) is 5.20. The van der Waals surface area contributed by atoms with E-state index >= 15 is 0 Å². The van der Waals surface area contributed by atoms with Crippen molar-refractivity contribution in [3.8, 4) is 0 Å². The van der Waals surface area contributed by atoms with Gasteiger partial charge in [-0.05, 0) is 26.0 Å². The van der Waals surface area contributed by atoms with Gasteiger partial charge >= 0.3 is 0 Å². The Hall–Kier alpha value is -1.58. The standard InChI is InChI=1S/C11H15N3O/c1-8(2)14-7-5-10(15)13-9-4-3-6-12-11(9)14/h3-4,6,8H,5,7H2,1-2H3,(H,13,15). The van der Waals surface area contributed by atoms with Crippen molar-refractivity contribution in [3.05, 3.63) is 18.3 Å². The van der Waals surface area contributed by atoms with Gasteiger partial charge in [-0.3, -0.25) is 4.79 Å². The smallest absolute Gasteiger partial charge is 0.226 e. The Morgan fingerprint density at radius 3 is 3.07 bits per heavy atom. The number of hydrogen-bond acceptors (Lipinski definition) is 3.